The molecule has 0 aromatic carbocycles. The van der Waals surface area contributed by atoms with E-state index >= 15 is 0 Å². The van der Waals surface area contributed by atoms with E-state index in [1.54, 1.807) is 0 Å². The van der Waals surface area contributed by atoms with Gasteiger partial charge in [-0.15, -0.1) is 0 Å². The van der Waals surface area contributed by atoms with Crippen LogP contribution >= 0.6 is 0 Å². The van der Waals surface area contributed by atoms with E-state index in [1.807, 2.05) is 25.3 Å². The Labute approximate surface area is 128 Å². The zero-order chi connectivity index (χ0) is 15.5. The average Bonchev–Trinajstić information content (AvgIpc) is 3.14. The van der Waals surface area contributed by atoms with Gasteiger partial charge in [-0.3, -0.25) is 9.89 Å². The van der Waals surface area contributed by atoms with Gasteiger partial charge in [0.2, 0.25) is 0 Å². The molecule has 6 heteroatoms. The van der Waals surface area contributed by atoms with Crippen LogP contribution in [0, 0.1) is 12.8 Å². The van der Waals surface area contributed by atoms with Crippen LogP contribution in [0.5, 0.6) is 0 Å². The van der Waals surface area contributed by atoms with Crippen molar-refractivity contribution in [1.82, 2.24) is 15.5 Å². The number of nitrogens with zero attached hydrogens (tertiary/aromatic N) is 1. The fraction of sp³-hybridized carbons (Fsp3) is 0.500. The SMILES string of the molecule is Cc1ccc(-c2[nH]ncc2CNC2CCC(C(=O)O)CC2)o1. The van der Waals surface area contributed by atoms with Crippen LogP contribution in [-0.2, 0) is 11.3 Å². The van der Waals surface area contributed by atoms with Crippen molar-refractivity contribution in [2.45, 2.75) is 45.2 Å². The van der Waals surface area contributed by atoms with Gasteiger partial charge < -0.3 is 14.8 Å². The van der Waals surface area contributed by atoms with Gasteiger partial charge in [0.25, 0.3) is 0 Å². The molecule has 0 bridgehead atoms. The second-order valence-corrected chi connectivity index (χ2v) is 5.95. The zero-order valence-corrected chi connectivity index (χ0v) is 12.6. The highest BCUT2D eigenvalue weighted by Crippen LogP contribution is 2.26. The van der Waals surface area contributed by atoms with Crippen molar-refractivity contribution in [3.05, 3.63) is 29.7 Å². The molecular formula is C16H21N3O3. The number of hydrogen-bond acceptors (Lipinski definition) is 4. The number of nitrogens with one attached hydrogen (secondary N) is 2. The van der Waals surface area contributed by atoms with Crippen LogP contribution in [0.15, 0.2) is 22.7 Å². The third-order valence-electron chi connectivity index (χ3n) is 4.36. The lowest BCUT2D eigenvalue weighted by molar-refractivity contribution is -0.142. The fourth-order valence-electron chi connectivity index (χ4n) is 3.03. The minimum Gasteiger partial charge on any atom is -0.481 e. The minimum absolute atomic E-state index is 0.173. The van der Waals surface area contributed by atoms with E-state index in [2.05, 4.69) is 15.5 Å². The van der Waals surface area contributed by atoms with E-state index in [9.17, 15) is 4.79 Å². The van der Waals surface area contributed by atoms with E-state index in [0.29, 0.717) is 12.6 Å². The highest BCUT2D eigenvalue weighted by molar-refractivity contribution is 5.70. The van der Waals surface area contributed by atoms with Crippen LogP contribution in [0.3, 0.4) is 0 Å². The molecule has 2 heterocycles. The van der Waals surface area contributed by atoms with E-state index in [4.69, 9.17) is 9.52 Å². The molecule has 118 valence electrons. The molecule has 1 aliphatic carbocycles. The number of aryl methyl sites for hydroxylation is 1. The molecule has 6 nitrogen and oxygen atoms in total. The van der Waals surface area contributed by atoms with Gasteiger partial charge in [-0.25, -0.2) is 0 Å². The molecule has 0 amide bonds. The maximum atomic E-state index is 11.0. The highest BCUT2D eigenvalue weighted by Gasteiger charge is 2.25. The number of aromatic nitrogens is 2. The van der Waals surface area contributed by atoms with E-state index in [-0.39, 0.29) is 5.92 Å². The summed E-state index contributed by atoms with van der Waals surface area (Å²) in [5.41, 5.74) is 1.97. The topological polar surface area (TPSA) is 91.2 Å². The molecule has 0 radical (unpaired) electrons. The number of carboxylic acid groups (broad SMARTS) is 1. The second-order valence-electron chi connectivity index (χ2n) is 5.95. The molecule has 1 saturated carbocycles. The van der Waals surface area contributed by atoms with Crippen LogP contribution in [0.2, 0.25) is 0 Å². The van der Waals surface area contributed by atoms with E-state index in [1.165, 1.54) is 0 Å². The summed E-state index contributed by atoms with van der Waals surface area (Å²) in [6.07, 6.45) is 5.13. The number of H-pyrrole nitrogens is 1. The quantitative estimate of drug-likeness (QED) is 0.790. The van der Waals surface area contributed by atoms with Gasteiger partial charge in [-0.1, -0.05) is 0 Å². The molecule has 3 N–H and O–H groups in total. The molecule has 3 rings (SSSR count). The standard InChI is InChI=1S/C16H21N3O3/c1-10-2-7-14(22-10)15-12(9-18-19-15)8-17-13-5-3-11(4-6-13)16(20)21/h2,7,9,11,13,17H,3-6,8H2,1H3,(H,18,19)(H,20,21). The largest absolute Gasteiger partial charge is 0.481 e. The second kappa shape index (κ2) is 6.36. The number of aromatic amines is 1. The lowest BCUT2D eigenvalue weighted by Crippen LogP contribution is -2.34. The number of carboxylic acids is 1. The number of carbonyl (C=O) groups is 1. The van der Waals surface area contributed by atoms with Crippen molar-refractivity contribution in [3.8, 4) is 11.5 Å². The normalized spacial score (nSPS) is 21.9. The predicted octanol–water partition coefficient (Wildman–Crippen LogP) is 2.71. The molecule has 0 atom stereocenters. The van der Waals surface area contributed by atoms with Crippen molar-refractivity contribution in [2.24, 2.45) is 5.92 Å². The van der Waals surface area contributed by atoms with Gasteiger partial charge in [0.15, 0.2) is 5.76 Å². The fourth-order valence-corrected chi connectivity index (χ4v) is 3.03. The van der Waals surface area contributed by atoms with Crippen molar-refractivity contribution in [3.63, 3.8) is 0 Å². The molecule has 0 aliphatic heterocycles. The molecular weight excluding hydrogens is 282 g/mol. The molecule has 0 saturated heterocycles. The summed E-state index contributed by atoms with van der Waals surface area (Å²) >= 11 is 0. The lowest BCUT2D eigenvalue weighted by atomic mass is 9.86. The number of rotatable bonds is 5. The Morgan fingerprint density at radius 3 is 2.82 bits per heavy atom. The molecule has 22 heavy (non-hydrogen) atoms. The molecule has 1 fully saturated rings. The number of furan rings is 1. The first-order valence-corrected chi connectivity index (χ1v) is 7.68. The summed E-state index contributed by atoms with van der Waals surface area (Å²) in [5.74, 6) is 0.828. The summed E-state index contributed by atoms with van der Waals surface area (Å²) in [5, 5.41) is 19.6. The Bertz CT molecular complexity index is 639. The number of aliphatic carboxylic acids is 1. The first kappa shape index (κ1) is 14.8. The van der Waals surface area contributed by atoms with Gasteiger partial charge in [-0.2, -0.15) is 5.10 Å². The van der Waals surface area contributed by atoms with Crippen LogP contribution in [0.1, 0.15) is 37.0 Å². The average molecular weight is 303 g/mol. The first-order chi connectivity index (χ1) is 10.6. The lowest BCUT2D eigenvalue weighted by Gasteiger charge is -2.26. The summed E-state index contributed by atoms with van der Waals surface area (Å²) in [6.45, 7) is 2.62. The summed E-state index contributed by atoms with van der Waals surface area (Å²) < 4.78 is 5.64. The Morgan fingerprint density at radius 1 is 1.41 bits per heavy atom. The Hall–Kier alpha value is -2.08. The molecule has 2 aromatic rings. The van der Waals surface area contributed by atoms with Crippen LogP contribution in [-0.4, -0.2) is 27.3 Å². The zero-order valence-electron chi connectivity index (χ0n) is 12.6. The van der Waals surface area contributed by atoms with Crippen molar-refractivity contribution in [2.75, 3.05) is 0 Å². The van der Waals surface area contributed by atoms with Gasteiger partial charge in [-0.05, 0) is 44.7 Å². The maximum absolute atomic E-state index is 11.0. The highest BCUT2D eigenvalue weighted by atomic mass is 16.4. The van der Waals surface area contributed by atoms with Gasteiger partial charge in [0, 0.05) is 18.2 Å². The monoisotopic (exact) mass is 303 g/mol. The molecule has 0 unspecified atom stereocenters. The third kappa shape index (κ3) is 3.22. The minimum atomic E-state index is -0.663. The van der Waals surface area contributed by atoms with Crippen molar-refractivity contribution in [1.29, 1.82) is 0 Å². The molecule has 0 spiro atoms. The van der Waals surface area contributed by atoms with E-state index in [0.717, 1.165) is 48.5 Å². The Balaban J connectivity index is 1.57. The van der Waals surface area contributed by atoms with Gasteiger partial charge in [0.1, 0.15) is 11.5 Å². The van der Waals surface area contributed by atoms with Gasteiger partial charge >= 0.3 is 5.97 Å². The summed E-state index contributed by atoms with van der Waals surface area (Å²) in [6, 6.07) is 4.24. The summed E-state index contributed by atoms with van der Waals surface area (Å²) in [4.78, 5) is 11.0. The van der Waals surface area contributed by atoms with Crippen molar-refractivity contribution < 1.29 is 14.3 Å². The Kier molecular flexibility index (Phi) is 4.29. The smallest absolute Gasteiger partial charge is 0.306 e. The van der Waals surface area contributed by atoms with Crippen LogP contribution in [0.4, 0.5) is 0 Å². The summed E-state index contributed by atoms with van der Waals surface area (Å²) in [7, 11) is 0. The molecule has 1 aliphatic rings. The Morgan fingerprint density at radius 2 is 2.18 bits per heavy atom. The third-order valence-corrected chi connectivity index (χ3v) is 4.36. The first-order valence-electron chi connectivity index (χ1n) is 7.68. The number of hydrogen-bond donors (Lipinski definition) is 3. The van der Waals surface area contributed by atoms with Crippen LogP contribution < -0.4 is 5.32 Å². The van der Waals surface area contributed by atoms with Gasteiger partial charge in [0.05, 0.1) is 12.1 Å². The molecule has 2 aromatic heterocycles. The predicted molar refractivity (Wildman–Crippen MR) is 81.2 cm³/mol. The maximum Gasteiger partial charge on any atom is 0.306 e. The van der Waals surface area contributed by atoms with E-state index < -0.39 is 5.97 Å². The van der Waals surface area contributed by atoms with Crippen LogP contribution in [0.25, 0.3) is 11.5 Å². The van der Waals surface area contributed by atoms with Crippen molar-refractivity contribution >= 4 is 5.97 Å².